The molecule has 0 unspecified atom stereocenters. The van der Waals surface area contributed by atoms with Crippen LogP contribution >= 0.6 is 0 Å². The maximum Gasteiger partial charge on any atom is 0.0730 e. The van der Waals surface area contributed by atoms with Gasteiger partial charge in [0.05, 0.1) is 11.2 Å². The van der Waals surface area contributed by atoms with Gasteiger partial charge in [-0.25, -0.2) is 4.98 Å². The van der Waals surface area contributed by atoms with Crippen molar-refractivity contribution in [3.8, 4) is 11.3 Å². The second-order valence-corrected chi connectivity index (χ2v) is 6.42. The van der Waals surface area contributed by atoms with Gasteiger partial charge in [-0.1, -0.05) is 67.8 Å². The Kier molecular flexibility index (Phi) is 6.51. The van der Waals surface area contributed by atoms with E-state index >= 15 is 0 Å². The topological polar surface area (TPSA) is 87.9 Å². The minimum absolute atomic E-state index is 0. The summed E-state index contributed by atoms with van der Waals surface area (Å²) in [5, 5.41) is 5.01. The average Bonchev–Trinajstić information content (AvgIpc) is 2.63. The molecule has 1 aliphatic carbocycles. The number of fused-ring (bicyclic) bond motifs is 1. The molecule has 5 N–H and O–H groups in total. The molecule has 1 saturated carbocycles. The van der Waals surface area contributed by atoms with Gasteiger partial charge < -0.3 is 16.3 Å². The lowest BCUT2D eigenvalue weighted by Crippen LogP contribution is -2.22. The maximum atomic E-state index is 4.86. The number of nitrogens with zero attached hydrogens (tertiary/aromatic N) is 1. The van der Waals surface area contributed by atoms with Crippen LogP contribution in [0.1, 0.15) is 32.1 Å². The summed E-state index contributed by atoms with van der Waals surface area (Å²) < 4.78 is 0. The van der Waals surface area contributed by atoms with Crippen molar-refractivity contribution in [3.05, 3.63) is 60.7 Å². The van der Waals surface area contributed by atoms with Crippen molar-refractivity contribution in [1.29, 1.82) is 0 Å². The molecule has 0 spiro atoms. The molecule has 0 atom stereocenters. The lowest BCUT2D eigenvalue weighted by atomic mass is 9.95. The van der Waals surface area contributed by atoms with Gasteiger partial charge in [0.2, 0.25) is 0 Å². The van der Waals surface area contributed by atoms with Gasteiger partial charge in [-0.05, 0) is 25.0 Å². The second kappa shape index (κ2) is 8.60. The van der Waals surface area contributed by atoms with E-state index in [2.05, 4.69) is 59.9 Å². The number of pyridine rings is 1. The van der Waals surface area contributed by atoms with Crippen molar-refractivity contribution in [2.75, 3.05) is 5.32 Å². The first-order valence-corrected chi connectivity index (χ1v) is 8.62. The zero-order valence-corrected chi connectivity index (χ0v) is 14.3. The van der Waals surface area contributed by atoms with Crippen LogP contribution in [0.5, 0.6) is 0 Å². The van der Waals surface area contributed by atoms with Crippen LogP contribution in [0.2, 0.25) is 0 Å². The highest BCUT2D eigenvalue weighted by molar-refractivity contribution is 5.93. The van der Waals surface area contributed by atoms with Gasteiger partial charge in [0.25, 0.3) is 0 Å². The minimum atomic E-state index is 0. The summed E-state index contributed by atoms with van der Waals surface area (Å²) in [5.74, 6) is 0. The van der Waals surface area contributed by atoms with Gasteiger partial charge in [-0.3, -0.25) is 0 Å². The summed E-state index contributed by atoms with van der Waals surface area (Å²) in [6.07, 6.45) is 6.61. The first-order chi connectivity index (χ1) is 11.4. The van der Waals surface area contributed by atoms with E-state index in [9.17, 15) is 0 Å². The third-order valence-electron chi connectivity index (χ3n) is 4.75. The third kappa shape index (κ3) is 4.16. The van der Waals surface area contributed by atoms with Crippen molar-refractivity contribution in [3.63, 3.8) is 0 Å². The number of rotatable bonds is 3. The molecule has 0 radical (unpaired) electrons. The molecule has 1 aromatic heterocycles. The predicted molar refractivity (Wildman–Crippen MR) is 105 cm³/mol. The first-order valence-electron chi connectivity index (χ1n) is 8.62. The van der Waals surface area contributed by atoms with Gasteiger partial charge >= 0.3 is 0 Å². The molecule has 1 aliphatic rings. The SMILES string of the molecule is O.O.c1ccc(-c2cc(NC3CCCCC3)c3ccccc3n2)cc1. The summed E-state index contributed by atoms with van der Waals surface area (Å²) in [7, 11) is 0. The number of para-hydroxylation sites is 1. The zero-order chi connectivity index (χ0) is 15.5. The van der Waals surface area contributed by atoms with Crippen LogP contribution in [0.4, 0.5) is 5.69 Å². The van der Waals surface area contributed by atoms with Crippen LogP contribution in [0.25, 0.3) is 22.2 Å². The monoisotopic (exact) mass is 338 g/mol. The van der Waals surface area contributed by atoms with E-state index in [1.165, 1.54) is 48.7 Å². The Hall–Kier alpha value is -2.43. The van der Waals surface area contributed by atoms with Gasteiger partial charge in [-0.15, -0.1) is 0 Å². The molecule has 132 valence electrons. The molecule has 0 saturated heterocycles. The first kappa shape index (κ1) is 18.9. The second-order valence-electron chi connectivity index (χ2n) is 6.42. The van der Waals surface area contributed by atoms with E-state index in [1.807, 2.05) is 6.07 Å². The highest BCUT2D eigenvalue weighted by Gasteiger charge is 2.15. The Bertz CT molecular complexity index is 799. The normalized spacial score (nSPS) is 14.4. The van der Waals surface area contributed by atoms with Gasteiger partial charge in [0.1, 0.15) is 0 Å². The lowest BCUT2D eigenvalue weighted by Gasteiger charge is -2.25. The molecule has 3 aromatic rings. The molecule has 4 nitrogen and oxygen atoms in total. The average molecular weight is 338 g/mol. The Morgan fingerprint density at radius 1 is 0.800 bits per heavy atom. The van der Waals surface area contributed by atoms with Crippen LogP contribution < -0.4 is 5.32 Å². The summed E-state index contributed by atoms with van der Waals surface area (Å²) in [5.41, 5.74) is 4.50. The Balaban J connectivity index is 0.00000113. The standard InChI is InChI=1S/C21H22N2.2H2O/c1-3-9-16(10-4-1)20-15-21(22-17-11-5-2-6-12-17)18-13-7-8-14-19(18)23-20;;/h1,3-4,7-10,13-15,17H,2,5-6,11-12H2,(H,22,23);2*1H2. The van der Waals surface area contributed by atoms with E-state index in [0.717, 1.165) is 11.2 Å². The number of benzene rings is 2. The van der Waals surface area contributed by atoms with Gasteiger partial charge in [0.15, 0.2) is 0 Å². The van der Waals surface area contributed by atoms with Crippen LogP contribution in [0, 0.1) is 0 Å². The fourth-order valence-corrected chi connectivity index (χ4v) is 3.52. The number of aromatic nitrogens is 1. The van der Waals surface area contributed by atoms with Crippen molar-refractivity contribution < 1.29 is 11.0 Å². The molecule has 1 fully saturated rings. The van der Waals surface area contributed by atoms with E-state index in [1.54, 1.807) is 0 Å². The smallest absolute Gasteiger partial charge is 0.0730 e. The zero-order valence-electron chi connectivity index (χ0n) is 14.3. The minimum Gasteiger partial charge on any atom is -0.412 e. The summed E-state index contributed by atoms with van der Waals surface area (Å²) in [4.78, 5) is 4.86. The molecular formula is C21H26N2O2. The molecule has 25 heavy (non-hydrogen) atoms. The Morgan fingerprint density at radius 2 is 1.48 bits per heavy atom. The molecule has 4 heteroatoms. The largest absolute Gasteiger partial charge is 0.412 e. The van der Waals surface area contributed by atoms with Crippen molar-refractivity contribution in [2.24, 2.45) is 0 Å². The molecule has 1 heterocycles. The van der Waals surface area contributed by atoms with Crippen molar-refractivity contribution in [1.82, 2.24) is 4.98 Å². The van der Waals surface area contributed by atoms with E-state index < -0.39 is 0 Å². The fourth-order valence-electron chi connectivity index (χ4n) is 3.52. The van der Waals surface area contributed by atoms with E-state index in [0.29, 0.717) is 6.04 Å². The number of anilines is 1. The fraction of sp³-hybridized carbons (Fsp3) is 0.286. The molecule has 0 bridgehead atoms. The molecule has 0 aliphatic heterocycles. The Labute approximate surface area is 148 Å². The molecule has 4 rings (SSSR count). The van der Waals surface area contributed by atoms with Crippen LogP contribution in [-0.4, -0.2) is 22.0 Å². The molecule has 0 amide bonds. The van der Waals surface area contributed by atoms with Crippen molar-refractivity contribution >= 4 is 16.6 Å². The lowest BCUT2D eigenvalue weighted by molar-refractivity contribution is 0.463. The quantitative estimate of drug-likeness (QED) is 0.782. The van der Waals surface area contributed by atoms with Crippen LogP contribution in [0.15, 0.2) is 60.7 Å². The van der Waals surface area contributed by atoms with E-state index in [4.69, 9.17) is 4.98 Å². The Morgan fingerprint density at radius 3 is 2.24 bits per heavy atom. The summed E-state index contributed by atoms with van der Waals surface area (Å²) >= 11 is 0. The molecular weight excluding hydrogens is 312 g/mol. The van der Waals surface area contributed by atoms with Crippen molar-refractivity contribution in [2.45, 2.75) is 38.1 Å². The highest BCUT2D eigenvalue weighted by Crippen LogP contribution is 2.30. The van der Waals surface area contributed by atoms with Gasteiger partial charge in [0, 0.05) is 22.7 Å². The van der Waals surface area contributed by atoms with Crippen LogP contribution in [-0.2, 0) is 0 Å². The predicted octanol–water partition coefficient (Wildman–Crippen LogP) is 4.00. The summed E-state index contributed by atoms with van der Waals surface area (Å²) in [6, 6.07) is 21.7. The number of hydrogen-bond donors (Lipinski definition) is 1. The third-order valence-corrected chi connectivity index (χ3v) is 4.75. The van der Waals surface area contributed by atoms with Crippen LogP contribution in [0.3, 0.4) is 0 Å². The number of nitrogens with one attached hydrogen (secondary N) is 1. The van der Waals surface area contributed by atoms with E-state index in [-0.39, 0.29) is 11.0 Å². The molecule has 2 aromatic carbocycles. The number of hydrogen-bond acceptors (Lipinski definition) is 2. The summed E-state index contributed by atoms with van der Waals surface area (Å²) in [6.45, 7) is 0. The highest BCUT2D eigenvalue weighted by atomic mass is 16.0. The maximum absolute atomic E-state index is 4.86. The van der Waals surface area contributed by atoms with Gasteiger partial charge in [-0.2, -0.15) is 0 Å².